The van der Waals surface area contributed by atoms with Crippen LogP contribution in [0.4, 0.5) is 0 Å². The molecule has 0 aliphatic rings. The van der Waals surface area contributed by atoms with E-state index in [9.17, 15) is 14.4 Å². The maximum Gasteiger partial charge on any atom is 0.309 e. The van der Waals surface area contributed by atoms with Gasteiger partial charge in [-0.2, -0.15) is 0 Å². The summed E-state index contributed by atoms with van der Waals surface area (Å²) in [4.78, 5) is 37.4. The molecule has 0 fully saturated rings. The second-order valence-corrected chi connectivity index (χ2v) is 8.32. The molecule has 0 radical (unpaired) electrons. The molecule has 1 rings (SSSR count). The van der Waals surface area contributed by atoms with Crippen molar-refractivity contribution in [3.8, 4) is 0 Å². The molecule has 0 saturated carbocycles. The molecule has 0 unspecified atom stereocenters. The lowest BCUT2D eigenvalue weighted by molar-refractivity contribution is -0.153. The molecule has 33 heavy (non-hydrogen) atoms. The fourth-order valence-electron chi connectivity index (χ4n) is 3.33. The number of aliphatic hydroxyl groups excluding tert-OH is 1. The Morgan fingerprint density at radius 3 is 2.39 bits per heavy atom. The average Bonchev–Trinajstić information content (AvgIpc) is 2.80. The second-order valence-electron chi connectivity index (χ2n) is 8.32. The predicted octanol–water partition coefficient (Wildman–Crippen LogP) is 2.94. The number of esters is 1. The Hall–Kier alpha value is -2.93. The maximum atomic E-state index is 12.8. The van der Waals surface area contributed by atoms with Crippen molar-refractivity contribution in [3.05, 3.63) is 61.2 Å². The van der Waals surface area contributed by atoms with Crippen LogP contribution >= 0.6 is 0 Å². The van der Waals surface area contributed by atoms with Crippen LogP contribution in [-0.2, 0) is 25.5 Å². The maximum absolute atomic E-state index is 12.8. The number of hydrogen-bond acceptors (Lipinski definition) is 5. The van der Waals surface area contributed by atoms with Crippen LogP contribution in [0.1, 0.15) is 45.1 Å². The van der Waals surface area contributed by atoms with Gasteiger partial charge in [-0.1, -0.05) is 42.5 Å². The number of carbonyl (C=O) groups excluding carboxylic acids is 3. The van der Waals surface area contributed by atoms with E-state index in [1.54, 1.807) is 26.0 Å². The van der Waals surface area contributed by atoms with Crippen molar-refractivity contribution in [2.45, 2.75) is 58.1 Å². The fraction of sp³-hybridized carbons (Fsp3) is 0.500. The first-order chi connectivity index (χ1) is 15.8. The SMILES string of the molecule is C=CCC[C@H](Cc1ccccc1)C(=O)O[C@@H](C)CNC(=O)[C@H](CC=C)CC(=O)N[C@@H](C)CO. The largest absolute Gasteiger partial charge is 0.461 e. The number of nitrogens with one attached hydrogen (secondary N) is 2. The van der Waals surface area contributed by atoms with Gasteiger partial charge in [0.25, 0.3) is 0 Å². The fourth-order valence-corrected chi connectivity index (χ4v) is 3.33. The summed E-state index contributed by atoms with van der Waals surface area (Å²) in [6.45, 7) is 10.8. The first-order valence-corrected chi connectivity index (χ1v) is 11.4. The normalized spacial score (nSPS) is 14.3. The molecular weight excluding hydrogens is 420 g/mol. The molecule has 0 bridgehead atoms. The molecule has 1 aromatic carbocycles. The Morgan fingerprint density at radius 1 is 1.09 bits per heavy atom. The van der Waals surface area contributed by atoms with E-state index in [-0.39, 0.29) is 49.3 Å². The molecule has 7 nitrogen and oxygen atoms in total. The van der Waals surface area contributed by atoms with Gasteiger partial charge in [0.15, 0.2) is 0 Å². The number of benzene rings is 1. The Bertz CT molecular complexity index is 765. The van der Waals surface area contributed by atoms with Crippen molar-refractivity contribution in [2.24, 2.45) is 11.8 Å². The van der Waals surface area contributed by atoms with E-state index in [1.165, 1.54) is 0 Å². The molecule has 7 heteroatoms. The summed E-state index contributed by atoms with van der Waals surface area (Å²) in [5.74, 6) is -1.81. The number of rotatable bonds is 16. The Kier molecular flexibility index (Phi) is 13.5. The zero-order valence-electron chi connectivity index (χ0n) is 19.8. The molecule has 1 aromatic rings. The van der Waals surface area contributed by atoms with Crippen LogP contribution in [0.3, 0.4) is 0 Å². The zero-order chi connectivity index (χ0) is 24.6. The van der Waals surface area contributed by atoms with E-state index >= 15 is 0 Å². The topological polar surface area (TPSA) is 105 Å². The van der Waals surface area contributed by atoms with E-state index in [0.717, 1.165) is 5.56 Å². The lowest BCUT2D eigenvalue weighted by Crippen LogP contribution is -2.41. The van der Waals surface area contributed by atoms with Gasteiger partial charge in [-0.3, -0.25) is 14.4 Å². The third-order valence-corrected chi connectivity index (χ3v) is 5.19. The van der Waals surface area contributed by atoms with Crippen molar-refractivity contribution in [1.29, 1.82) is 0 Å². The highest BCUT2D eigenvalue weighted by molar-refractivity contribution is 5.86. The second kappa shape index (κ2) is 15.8. The van der Waals surface area contributed by atoms with Crippen LogP contribution in [0.2, 0.25) is 0 Å². The van der Waals surface area contributed by atoms with Gasteiger partial charge < -0.3 is 20.5 Å². The van der Waals surface area contributed by atoms with Gasteiger partial charge in [0.2, 0.25) is 11.8 Å². The molecule has 0 spiro atoms. The Morgan fingerprint density at radius 2 is 1.79 bits per heavy atom. The van der Waals surface area contributed by atoms with Crippen LogP contribution in [0.25, 0.3) is 0 Å². The average molecular weight is 459 g/mol. The molecule has 3 N–H and O–H groups in total. The zero-order valence-corrected chi connectivity index (χ0v) is 19.8. The number of ether oxygens (including phenoxy) is 1. The molecule has 182 valence electrons. The minimum Gasteiger partial charge on any atom is -0.461 e. The summed E-state index contributed by atoms with van der Waals surface area (Å²) in [7, 11) is 0. The van der Waals surface area contributed by atoms with Crippen molar-refractivity contribution in [2.75, 3.05) is 13.2 Å². The molecule has 4 atom stereocenters. The van der Waals surface area contributed by atoms with Crippen molar-refractivity contribution in [3.63, 3.8) is 0 Å². The first kappa shape index (κ1) is 28.1. The first-order valence-electron chi connectivity index (χ1n) is 11.4. The molecule has 2 amide bonds. The summed E-state index contributed by atoms with van der Waals surface area (Å²) in [6, 6.07) is 9.39. The number of carbonyl (C=O) groups is 3. The Balaban J connectivity index is 2.60. The minimum atomic E-state index is -0.588. The molecule has 0 aliphatic heterocycles. The monoisotopic (exact) mass is 458 g/mol. The van der Waals surface area contributed by atoms with Crippen LogP contribution in [0, 0.1) is 11.8 Å². The third kappa shape index (κ3) is 11.5. The molecule has 0 aliphatic carbocycles. The third-order valence-electron chi connectivity index (χ3n) is 5.19. The van der Waals surface area contributed by atoms with Crippen LogP contribution in [0.5, 0.6) is 0 Å². The van der Waals surface area contributed by atoms with Gasteiger partial charge in [-0.25, -0.2) is 0 Å². The minimum absolute atomic E-state index is 0.0168. The van der Waals surface area contributed by atoms with Gasteiger partial charge in [0, 0.05) is 12.5 Å². The standard InChI is InChI=1S/C26H38N2O5/c1-5-7-14-23(15-21-12-9-8-10-13-21)26(32)33-20(4)17-27-25(31)22(11-6-2)16-24(30)28-19(3)18-29/h5-6,8-10,12-13,19-20,22-23,29H,1-2,7,11,14-18H2,3-4H3,(H,27,31)(H,28,30)/t19-,20-,22+,23+/m0/s1. The van der Waals surface area contributed by atoms with Gasteiger partial charge in [-0.05, 0) is 45.1 Å². The predicted molar refractivity (Wildman–Crippen MR) is 129 cm³/mol. The van der Waals surface area contributed by atoms with Gasteiger partial charge >= 0.3 is 5.97 Å². The summed E-state index contributed by atoms with van der Waals surface area (Å²) >= 11 is 0. The number of amides is 2. The van der Waals surface area contributed by atoms with Crippen LogP contribution < -0.4 is 10.6 Å². The number of allylic oxidation sites excluding steroid dienone is 2. The number of hydrogen-bond donors (Lipinski definition) is 3. The van der Waals surface area contributed by atoms with E-state index in [1.807, 2.05) is 30.3 Å². The summed E-state index contributed by atoms with van der Waals surface area (Å²) in [5, 5.41) is 14.5. The van der Waals surface area contributed by atoms with Crippen LogP contribution in [-0.4, -0.2) is 48.2 Å². The molecule has 0 saturated heterocycles. The van der Waals surface area contributed by atoms with E-state index in [2.05, 4.69) is 23.8 Å². The lowest BCUT2D eigenvalue weighted by atomic mass is 9.95. The summed E-state index contributed by atoms with van der Waals surface area (Å²) in [5.41, 5.74) is 1.06. The summed E-state index contributed by atoms with van der Waals surface area (Å²) in [6.07, 6.45) is 5.10. The highest BCUT2D eigenvalue weighted by Crippen LogP contribution is 2.17. The molecular formula is C26H38N2O5. The van der Waals surface area contributed by atoms with Crippen LogP contribution in [0.15, 0.2) is 55.6 Å². The Labute approximate surface area is 197 Å². The highest BCUT2D eigenvalue weighted by Gasteiger charge is 2.24. The van der Waals surface area contributed by atoms with Gasteiger partial charge in [0.05, 0.1) is 25.0 Å². The van der Waals surface area contributed by atoms with Gasteiger partial charge in [-0.15, -0.1) is 13.2 Å². The van der Waals surface area contributed by atoms with E-state index in [4.69, 9.17) is 9.84 Å². The van der Waals surface area contributed by atoms with Gasteiger partial charge in [0.1, 0.15) is 6.10 Å². The smallest absolute Gasteiger partial charge is 0.309 e. The lowest BCUT2D eigenvalue weighted by Gasteiger charge is -2.21. The van der Waals surface area contributed by atoms with E-state index < -0.39 is 12.0 Å². The van der Waals surface area contributed by atoms with E-state index in [0.29, 0.717) is 25.7 Å². The highest BCUT2D eigenvalue weighted by atomic mass is 16.5. The molecule has 0 aromatic heterocycles. The van der Waals surface area contributed by atoms with Crippen molar-refractivity contribution in [1.82, 2.24) is 10.6 Å². The number of aliphatic hydroxyl groups is 1. The van der Waals surface area contributed by atoms with Crippen molar-refractivity contribution < 1.29 is 24.2 Å². The van der Waals surface area contributed by atoms with Crippen molar-refractivity contribution >= 4 is 17.8 Å². The quantitative estimate of drug-likeness (QED) is 0.261. The summed E-state index contributed by atoms with van der Waals surface area (Å²) < 4.78 is 5.60. The molecule has 0 heterocycles.